The van der Waals surface area contributed by atoms with Crippen LogP contribution in [0.3, 0.4) is 0 Å². The minimum atomic E-state index is -0.297. The second-order valence-electron chi connectivity index (χ2n) is 7.50. The molecule has 6 nitrogen and oxygen atoms in total. The molecule has 152 valence electrons. The predicted octanol–water partition coefficient (Wildman–Crippen LogP) is 3.49. The smallest absolute Gasteiger partial charge is 0.184 e. The summed E-state index contributed by atoms with van der Waals surface area (Å²) in [6.07, 6.45) is 1.83. The van der Waals surface area contributed by atoms with Gasteiger partial charge in [0.15, 0.2) is 17.1 Å². The number of anilines is 1. The quantitative estimate of drug-likeness (QED) is 0.657. The summed E-state index contributed by atoms with van der Waals surface area (Å²) < 4.78 is 30.1. The molecule has 1 saturated heterocycles. The molecule has 0 amide bonds. The highest BCUT2D eigenvalue weighted by atomic mass is 19.1. The average Bonchev–Trinajstić information content (AvgIpc) is 3.16. The molecule has 3 aromatic rings. The Kier molecular flexibility index (Phi) is 4.97. The first kappa shape index (κ1) is 18.2. The van der Waals surface area contributed by atoms with E-state index in [1.165, 1.54) is 12.1 Å². The first-order valence-corrected chi connectivity index (χ1v) is 10.2. The van der Waals surface area contributed by atoms with E-state index < -0.39 is 0 Å². The molecular formula is C22H24FN3O3. The molecule has 3 heterocycles. The van der Waals surface area contributed by atoms with Crippen molar-refractivity contribution in [1.82, 2.24) is 10.1 Å². The maximum atomic E-state index is 13.3. The molecule has 1 aromatic heterocycles. The molecule has 0 bridgehead atoms. The van der Waals surface area contributed by atoms with Gasteiger partial charge >= 0.3 is 0 Å². The van der Waals surface area contributed by atoms with E-state index in [2.05, 4.69) is 21.0 Å². The molecule has 2 aliphatic heterocycles. The lowest BCUT2D eigenvalue weighted by atomic mass is 10.1. The summed E-state index contributed by atoms with van der Waals surface area (Å²) in [6, 6.07) is 10.7. The van der Waals surface area contributed by atoms with Gasteiger partial charge in [-0.25, -0.2) is 4.39 Å². The zero-order valence-electron chi connectivity index (χ0n) is 16.3. The van der Waals surface area contributed by atoms with Gasteiger partial charge in [-0.2, -0.15) is 0 Å². The fraction of sp³-hybridized carbons (Fsp3) is 0.409. The number of benzene rings is 2. The van der Waals surface area contributed by atoms with Crippen LogP contribution in [-0.4, -0.2) is 56.0 Å². The topological polar surface area (TPSA) is 51.0 Å². The van der Waals surface area contributed by atoms with Crippen LogP contribution in [0.2, 0.25) is 0 Å². The third-order valence-corrected chi connectivity index (χ3v) is 5.66. The van der Waals surface area contributed by atoms with Crippen molar-refractivity contribution in [2.45, 2.75) is 12.8 Å². The van der Waals surface area contributed by atoms with Crippen molar-refractivity contribution in [2.75, 3.05) is 50.8 Å². The summed E-state index contributed by atoms with van der Waals surface area (Å²) in [5.41, 5.74) is 2.56. The zero-order valence-corrected chi connectivity index (χ0v) is 16.3. The molecule has 0 aliphatic carbocycles. The van der Waals surface area contributed by atoms with Gasteiger partial charge in [0.25, 0.3) is 0 Å². The number of piperazine rings is 1. The van der Waals surface area contributed by atoms with Gasteiger partial charge in [0.2, 0.25) is 0 Å². The molecule has 2 aliphatic rings. The third kappa shape index (κ3) is 3.74. The lowest BCUT2D eigenvalue weighted by Gasteiger charge is -2.37. The molecule has 1 fully saturated rings. The maximum absolute atomic E-state index is 13.3. The standard InChI is InChI=1S/C22H24FN3O3/c23-16-6-7-17-18(24-29-21(17)15-16)3-2-8-25-9-11-26(12-10-25)19-4-1-5-20-22(19)28-14-13-27-20/h1,4-7,15H,2-3,8-14H2. The number of aromatic nitrogens is 1. The Bertz CT molecular complexity index is 998. The summed E-state index contributed by atoms with van der Waals surface area (Å²) in [4.78, 5) is 4.86. The molecule has 7 heteroatoms. The number of halogens is 1. The molecular weight excluding hydrogens is 373 g/mol. The number of rotatable bonds is 5. The molecule has 0 atom stereocenters. The van der Waals surface area contributed by atoms with Gasteiger partial charge in [0.1, 0.15) is 19.0 Å². The first-order chi connectivity index (χ1) is 14.3. The summed E-state index contributed by atoms with van der Waals surface area (Å²) in [5, 5.41) is 5.03. The van der Waals surface area contributed by atoms with Crippen molar-refractivity contribution in [2.24, 2.45) is 0 Å². The van der Waals surface area contributed by atoms with Crippen molar-refractivity contribution < 1.29 is 18.4 Å². The number of fused-ring (bicyclic) bond motifs is 2. The van der Waals surface area contributed by atoms with Crippen LogP contribution in [0.5, 0.6) is 11.5 Å². The van der Waals surface area contributed by atoms with Crippen molar-refractivity contribution in [3.63, 3.8) is 0 Å². The first-order valence-electron chi connectivity index (χ1n) is 10.2. The van der Waals surface area contributed by atoms with E-state index >= 15 is 0 Å². The minimum absolute atomic E-state index is 0.297. The van der Waals surface area contributed by atoms with Crippen LogP contribution in [0.25, 0.3) is 11.0 Å². The number of nitrogens with zero attached hydrogens (tertiary/aromatic N) is 3. The zero-order chi connectivity index (χ0) is 19.6. The van der Waals surface area contributed by atoms with E-state index in [0.29, 0.717) is 18.8 Å². The SMILES string of the molecule is Fc1ccc2c(CCCN3CCN(c4cccc5c4OCCO5)CC3)noc2c1. The van der Waals surface area contributed by atoms with E-state index in [1.807, 2.05) is 12.1 Å². The summed E-state index contributed by atoms with van der Waals surface area (Å²) in [7, 11) is 0. The van der Waals surface area contributed by atoms with Crippen molar-refractivity contribution >= 4 is 16.7 Å². The van der Waals surface area contributed by atoms with Gasteiger partial charge < -0.3 is 18.9 Å². The Morgan fingerprint density at radius 3 is 2.76 bits per heavy atom. The van der Waals surface area contributed by atoms with E-state index in [4.69, 9.17) is 14.0 Å². The fourth-order valence-corrected chi connectivity index (χ4v) is 4.13. The van der Waals surface area contributed by atoms with Crippen molar-refractivity contribution in [1.29, 1.82) is 0 Å². The highest BCUT2D eigenvalue weighted by Gasteiger charge is 2.23. The van der Waals surface area contributed by atoms with Crippen molar-refractivity contribution in [3.05, 3.63) is 47.9 Å². The Labute approximate surface area is 168 Å². The normalized spacial score (nSPS) is 17.1. The van der Waals surface area contributed by atoms with Crippen LogP contribution in [0, 0.1) is 5.82 Å². The van der Waals surface area contributed by atoms with Crippen LogP contribution < -0.4 is 14.4 Å². The number of hydrogen-bond acceptors (Lipinski definition) is 6. The lowest BCUT2D eigenvalue weighted by molar-refractivity contribution is 0.171. The Morgan fingerprint density at radius 1 is 1.00 bits per heavy atom. The van der Waals surface area contributed by atoms with E-state index in [9.17, 15) is 4.39 Å². The molecule has 0 radical (unpaired) electrons. The number of para-hydroxylation sites is 1. The Balaban J connectivity index is 1.15. The minimum Gasteiger partial charge on any atom is -0.486 e. The second kappa shape index (κ2) is 7.91. The van der Waals surface area contributed by atoms with Gasteiger partial charge in [-0.3, -0.25) is 4.90 Å². The summed E-state index contributed by atoms with van der Waals surface area (Å²) in [5.74, 6) is 1.42. The summed E-state index contributed by atoms with van der Waals surface area (Å²) in [6.45, 7) is 6.17. The van der Waals surface area contributed by atoms with E-state index in [1.54, 1.807) is 6.07 Å². The molecule has 2 aromatic carbocycles. The molecule has 29 heavy (non-hydrogen) atoms. The third-order valence-electron chi connectivity index (χ3n) is 5.66. The molecule has 0 spiro atoms. The molecule has 0 saturated carbocycles. The summed E-state index contributed by atoms with van der Waals surface area (Å²) >= 11 is 0. The lowest BCUT2D eigenvalue weighted by Crippen LogP contribution is -2.46. The van der Waals surface area contributed by atoms with Crippen LogP contribution >= 0.6 is 0 Å². The fourth-order valence-electron chi connectivity index (χ4n) is 4.13. The monoisotopic (exact) mass is 397 g/mol. The average molecular weight is 397 g/mol. The predicted molar refractivity (Wildman–Crippen MR) is 108 cm³/mol. The van der Waals surface area contributed by atoms with E-state index in [0.717, 1.165) is 73.8 Å². The highest BCUT2D eigenvalue weighted by Crippen LogP contribution is 2.39. The van der Waals surface area contributed by atoms with Crippen LogP contribution in [0.15, 0.2) is 40.9 Å². The molecule has 5 rings (SSSR count). The number of aryl methyl sites for hydroxylation is 1. The van der Waals surface area contributed by atoms with Crippen LogP contribution in [0.1, 0.15) is 12.1 Å². The number of hydrogen-bond donors (Lipinski definition) is 0. The highest BCUT2D eigenvalue weighted by molar-refractivity contribution is 5.79. The van der Waals surface area contributed by atoms with E-state index in [-0.39, 0.29) is 5.82 Å². The Hall–Kier alpha value is -2.80. The van der Waals surface area contributed by atoms with Crippen molar-refractivity contribution in [3.8, 4) is 11.5 Å². The maximum Gasteiger partial charge on any atom is 0.184 e. The second-order valence-corrected chi connectivity index (χ2v) is 7.50. The van der Waals surface area contributed by atoms with Gasteiger partial charge in [0, 0.05) is 37.6 Å². The number of ether oxygens (including phenoxy) is 2. The molecule has 0 unspecified atom stereocenters. The van der Waals surface area contributed by atoms with Gasteiger partial charge in [0.05, 0.1) is 11.4 Å². The van der Waals surface area contributed by atoms with Gasteiger partial charge in [-0.15, -0.1) is 0 Å². The van der Waals surface area contributed by atoms with Gasteiger partial charge in [-0.05, 0) is 43.7 Å². The Morgan fingerprint density at radius 2 is 1.86 bits per heavy atom. The largest absolute Gasteiger partial charge is 0.486 e. The van der Waals surface area contributed by atoms with Crippen LogP contribution in [-0.2, 0) is 6.42 Å². The molecule has 0 N–H and O–H groups in total. The van der Waals surface area contributed by atoms with Gasteiger partial charge in [-0.1, -0.05) is 11.2 Å². The van der Waals surface area contributed by atoms with Crippen LogP contribution in [0.4, 0.5) is 10.1 Å².